The molecule has 24 heavy (non-hydrogen) atoms. The Morgan fingerprint density at radius 3 is 2.29 bits per heavy atom. The molecule has 0 aromatic heterocycles. The third kappa shape index (κ3) is 4.35. The lowest BCUT2D eigenvalue weighted by molar-refractivity contribution is 0.0602. The first-order chi connectivity index (χ1) is 11.5. The predicted molar refractivity (Wildman–Crippen MR) is 92.5 cm³/mol. The molecule has 0 heterocycles. The number of anilines is 1. The van der Waals surface area contributed by atoms with E-state index >= 15 is 0 Å². The minimum atomic E-state index is -0.504. The Kier molecular flexibility index (Phi) is 5.95. The van der Waals surface area contributed by atoms with Crippen LogP contribution in [0.3, 0.4) is 0 Å². The average Bonchev–Trinajstić information content (AvgIpc) is 2.60. The zero-order valence-corrected chi connectivity index (χ0v) is 14.0. The highest BCUT2D eigenvalue weighted by Crippen LogP contribution is 2.22. The standard InChI is InChI=1S/C19H21NO4/c1-13(2)12-24-17-11-7-5-9-15(17)18(21)20-16-10-6-4-8-14(16)19(22)23-3/h4-11,13H,12H2,1-3H3,(H,20,21). The fraction of sp³-hybridized carbons (Fsp3) is 0.263. The molecule has 0 bridgehead atoms. The van der Waals surface area contributed by atoms with E-state index in [0.29, 0.717) is 35.1 Å². The van der Waals surface area contributed by atoms with Gasteiger partial charge in [0.25, 0.3) is 5.91 Å². The second kappa shape index (κ2) is 8.15. The fourth-order valence-electron chi connectivity index (χ4n) is 2.11. The van der Waals surface area contributed by atoms with Crippen LogP contribution in [-0.4, -0.2) is 25.6 Å². The number of carbonyl (C=O) groups is 2. The molecule has 5 heteroatoms. The van der Waals surface area contributed by atoms with Crippen LogP contribution in [-0.2, 0) is 4.74 Å². The van der Waals surface area contributed by atoms with Gasteiger partial charge in [-0.2, -0.15) is 0 Å². The Bertz CT molecular complexity index is 725. The van der Waals surface area contributed by atoms with Crippen LogP contribution in [0.5, 0.6) is 5.75 Å². The summed E-state index contributed by atoms with van der Waals surface area (Å²) in [5, 5.41) is 2.75. The van der Waals surface area contributed by atoms with Crippen molar-refractivity contribution in [2.24, 2.45) is 5.92 Å². The van der Waals surface area contributed by atoms with Crippen LogP contribution in [0, 0.1) is 5.92 Å². The van der Waals surface area contributed by atoms with Gasteiger partial charge in [-0.15, -0.1) is 0 Å². The number of benzene rings is 2. The number of carbonyl (C=O) groups excluding carboxylic acids is 2. The number of rotatable bonds is 6. The third-order valence-corrected chi connectivity index (χ3v) is 3.28. The lowest BCUT2D eigenvalue weighted by atomic mass is 10.1. The topological polar surface area (TPSA) is 64.6 Å². The molecule has 0 aliphatic carbocycles. The van der Waals surface area contributed by atoms with Crippen LogP contribution in [0.2, 0.25) is 0 Å². The Balaban J connectivity index is 2.24. The van der Waals surface area contributed by atoms with Gasteiger partial charge in [-0.1, -0.05) is 38.1 Å². The number of ether oxygens (including phenoxy) is 2. The minimum absolute atomic E-state index is 0.300. The molecule has 0 radical (unpaired) electrons. The quantitative estimate of drug-likeness (QED) is 0.821. The molecule has 2 rings (SSSR count). The normalized spacial score (nSPS) is 10.3. The van der Waals surface area contributed by atoms with Crippen molar-refractivity contribution >= 4 is 17.6 Å². The van der Waals surface area contributed by atoms with Gasteiger partial charge >= 0.3 is 5.97 Å². The maximum atomic E-state index is 12.6. The third-order valence-electron chi connectivity index (χ3n) is 3.28. The zero-order valence-electron chi connectivity index (χ0n) is 14.0. The van der Waals surface area contributed by atoms with Crippen LogP contribution in [0.25, 0.3) is 0 Å². The highest BCUT2D eigenvalue weighted by molar-refractivity contribution is 6.09. The van der Waals surface area contributed by atoms with Crippen molar-refractivity contribution in [1.82, 2.24) is 0 Å². The Labute approximate surface area is 141 Å². The SMILES string of the molecule is COC(=O)c1ccccc1NC(=O)c1ccccc1OCC(C)C. The molecular weight excluding hydrogens is 306 g/mol. The van der Waals surface area contributed by atoms with Gasteiger partial charge in [-0.3, -0.25) is 4.79 Å². The number of esters is 1. The molecule has 2 aromatic carbocycles. The van der Waals surface area contributed by atoms with Gasteiger partial charge in [0.1, 0.15) is 5.75 Å². The number of hydrogen-bond donors (Lipinski definition) is 1. The Morgan fingerprint density at radius 1 is 1.00 bits per heavy atom. The molecule has 0 spiro atoms. The average molecular weight is 327 g/mol. The van der Waals surface area contributed by atoms with Crippen LogP contribution in [0.1, 0.15) is 34.6 Å². The summed E-state index contributed by atoms with van der Waals surface area (Å²) in [6.07, 6.45) is 0. The molecule has 1 N–H and O–H groups in total. The van der Waals surface area contributed by atoms with Crippen LogP contribution in [0.4, 0.5) is 5.69 Å². The number of amides is 1. The Hall–Kier alpha value is -2.82. The van der Waals surface area contributed by atoms with E-state index in [-0.39, 0.29) is 5.91 Å². The first-order valence-electron chi connectivity index (χ1n) is 7.73. The highest BCUT2D eigenvalue weighted by Gasteiger charge is 2.17. The van der Waals surface area contributed by atoms with Gasteiger partial charge in [0.2, 0.25) is 0 Å². The van der Waals surface area contributed by atoms with Crippen molar-refractivity contribution in [2.75, 3.05) is 19.0 Å². The summed E-state index contributed by atoms with van der Waals surface area (Å²) in [5.74, 6) is 0.0152. The monoisotopic (exact) mass is 327 g/mol. The molecule has 5 nitrogen and oxygen atoms in total. The molecule has 0 saturated heterocycles. The summed E-state index contributed by atoms with van der Waals surface area (Å²) in [6, 6.07) is 13.7. The maximum absolute atomic E-state index is 12.6. The summed E-state index contributed by atoms with van der Waals surface area (Å²) in [7, 11) is 1.30. The maximum Gasteiger partial charge on any atom is 0.339 e. The van der Waals surface area contributed by atoms with Gasteiger partial charge < -0.3 is 14.8 Å². The van der Waals surface area contributed by atoms with Crippen molar-refractivity contribution in [3.63, 3.8) is 0 Å². The number of para-hydroxylation sites is 2. The molecule has 0 aliphatic rings. The van der Waals surface area contributed by atoms with Crippen LogP contribution in [0.15, 0.2) is 48.5 Å². The molecule has 0 saturated carbocycles. The van der Waals surface area contributed by atoms with Crippen molar-refractivity contribution in [3.8, 4) is 5.75 Å². The summed E-state index contributed by atoms with van der Waals surface area (Å²) in [6.45, 7) is 4.59. The second-order valence-electron chi connectivity index (χ2n) is 5.69. The molecule has 2 aromatic rings. The van der Waals surface area contributed by atoms with Gasteiger partial charge in [-0.05, 0) is 30.2 Å². The van der Waals surface area contributed by atoms with Crippen molar-refractivity contribution in [2.45, 2.75) is 13.8 Å². The molecule has 126 valence electrons. The zero-order chi connectivity index (χ0) is 17.5. The molecule has 0 aliphatic heterocycles. The van der Waals surface area contributed by atoms with E-state index in [4.69, 9.17) is 9.47 Å². The first-order valence-corrected chi connectivity index (χ1v) is 7.73. The van der Waals surface area contributed by atoms with E-state index in [1.807, 2.05) is 19.9 Å². The smallest absolute Gasteiger partial charge is 0.339 e. The summed E-state index contributed by atoms with van der Waals surface area (Å²) in [5.41, 5.74) is 1.11. The molecule has 0 atom stereocenters. The van der Waals surface area contributed by atoms with E-state index in [2.05, 4.69) is 5.32 Å². The molecule has 0 unspecified atom stereocenters. The summed E-state index contributed by atoms with van der Waals surface area (Å²) in [4.78, 5) is 24.4. The van der Waals surface area contributed by atoms with Crippen molar-refractivity contribution in [3.05, 3.63) is 59.7 Å². The molecule has 0 fully saturated rings. The molecular formula is C19H21NO4. The summed E-state index contributed by atoms with van der Waals surface area (Å²) >= 11 is 0. The van der Waals surface area contributed by atoms with Gasteiger partial charge in [0.05, 0.1) is 30.5 Å². The van der Waals surface area contributed by atoms with Gasteiger partial charge in [0.15, 0.2) is 0 Å². The first kappa shape index (κ1) is 17.5. The van der Waals surface area contributed by atoms with Gasteiger partial charge in [-0.25, -0.2) is 4.79 Å². The number of methoxy groups -OCH3 is 1. The van der Waals surface area contributed by atoms with E-state index in [1.54, 1.807) is 42.5 Å². The Morgan fingerprint density at radius 2 is 1.62 bits per heavy atom. The molecule has 1 amide bonds. The largest absolute Gasteiger partial charge is 0.492 e. The van der Waals surface area contributed by atoms with E-state index in [0.717, 1.165) is 0 Å². The van der Waals surface area contributed by atoms with Crippen molar-refractivity contribution in [1.29, 1.82) is 0 Å². The fourth-order valence-corrected chi connectivity index (χ4v) is 2.11. The minimum Gasteiger partial charge on any atom is -0.492 e. The van der Waals surface area contributed by atoms with Crippen molar-refractivity contribution < 1.29 is 19.1 Å². The van der Waals surface area contributed by atoms with Gasteiger partial charge in [0, 0.05) is 0 Å². The lowest BCUT2D eigenvalue weighted by Crippen LogP contribution is -2.17. The van der Waals surface area contributed by atoms with E-state index in [1.165, 1.54) is 7.11 Å². The number of hydrogen-bond acceptors (Lipinski definition) is 4. The lowest BCUT2D eigenvalue weighted by Gasteiger charge is -2.14. The van der Waals surface area contributed by atoms with Crippen LogP contribution < -0.4 is 10.1 Å². The van der Waals surface area contributed by atoms with E-state index < -0.39 is 5.97 Å². The van der Waals surface area contributed by atoms with Crippen LogP contribution >= 0.6 is 0 Å². The summed E-state index contributed by atoms with van der Waals surface area (Å²) < 4.78 is 10.4. The second-order valence-corrected chi connectivity index (χ2v) is 5.69. The number of nitrogens with one attached hydrogen (secondary N) is 1. The highest BCUT2D eigenvalue weighted by atomic mass is 16.5. The van der Waals surface area contributed by atoms with E-state index in [9.17, 15) is 9.59 Å². The predicted octanol–water partition coefficient (Wildman–Crippen LogP) is 3.76.